The quantitative estimate of drug-likeness (QED) is 0.524. The van der Waals surface area contributed by atoms with E-state index in [1.165, 1.54) is 19.1 Å². The van der Waals surface area contributed by atoms with Crippen LogP contribution in [0.4, 0.5) is 4.79 Å². The van der Waals surface area contributed by atoms with Gasteiger partial charge in [0.15, 0.2) is 5.76 Å². The molecule has 164 valence electrons. The number of carbonyl (C=O) groups is 3. The van der Waals surface area contributed by atoms with E-state index in [9.17, 15) is 14.4 Å². The van der Waals surface area contributed by atoms with Gasteiger partial charge in [0.05, 0.1) is 6.54 Å². The molecule has 3 N–H and O–H groups in total. The molecule has 2 aromatic carbocycles. The molecule has 0 spiro atoms. The van der Waals surface area contributed by atoms with E-state index in [-0.39, 0.29) is 24.8 Å². The molecule has 3 aromatic rings. The molecule has 1 aromatic heterocycles. The Hall–Kier alpha value is -4.07. The maximum atomic E-state index is 12.2. The van der Waals surface area contributed by atoms with Crippen LogP contribution in [-0.2, 0) is 16.1 Å². The molecule has 0 aliphatic heterocycles. The summed E-state index contributed by atoms with van der Waals surface area (Å²) in [6.45, 7) is 1.57. The topological polar surface area (TPSA) is 118 Å². The summed E-state index contributed by atoms with van der Waals surface area (Å²) in [5, 5.41) is 13.8. The van der Waals surface area contributed by atoms with Crippen LogP contribution in [0.1, 0.15) is 40.3 Å². The minimum atomic E-state index is -1.15. The first kappa shape index (κ1) is 21.2. The van der Waals surface area contributed by atoms with Crippen LogP contribution in [0.15, 0.2) is 65.1 Å². The molecular formula is C24H22N2O6. The van der Waals surface area contributed by atoms with E-state index < -0.39 is 24.0 Å². The highest BCUT2D eigenvalue weighted by Gasteiger charge is 2.29. The maximum absolute atomic E-state index is 12.2. The number of ether oxygens (including phenoxy) is 1. The maximum Gasteiger partial charge on any atom is 0.407 e. The van der Waals surface area contributed by atoms with Gasteiger partial charge >= 0.3 is 12.1 Å². The van der Waals surface area contributed by atoms with Crippen molar-refractivity contribution in [1.82, 2.24) is 10.6 Å². The molecule has 0 unspecified atom stereocenters. The Morgan fingerprint density at radius 1 is 1.00 bits per heavy atom. The molecule has 1 aliphatic carbocycles. The van der Waals surface area contributed by atoms with E-state index in [1.807, 2.05) is 36.4 Å². The van der Waals surface area contributed by atoms with Crippen LogP contribution < -0.4 is 10.6 Å². The van der Waals surface area contributed by atoms with Crippen molar-refractivity contribution in [2.45, 2.75) is 25.4 Å². The average Bonchev–Trinajstić information content (AvgIpc) is 3.39. The molecule has 32 heavy (non-hydrogen) atoms. The first-order valence-corrected chi connectivity index (χ1v) is 10.1. The number of rotatable bonds is 7. The zero-order chi connectivity index (χ0) is 22.7. The van der Waals surface area contributed by atoms with Crippen molar-refractivity contribution in [1.29, 1.82) is 0 Å². The summed E-state index contributed by atoms with van der Waals surface area (Å²) < 4.78 is 10.8. The zero-order valence-corrected chi connectivity index (χ0v) is 17.3. The van der Waals surface area contributed by atoms with Crippen LogP contribution in [0.3, 0.4) is 0 Å². The third kappa shape index (κ3) is 4.34. The molecule has 0 saturated carbocycles. The van der Waals surface area contributed by atoms with Gasteiger partial charge in [-0.3, -0.25) is 9.59 Å². The largest absolute Gasteiger partial charge is 0.480 e. The monoisotopic (exact) mass is 434 g/mol. The number of aliphatic carboxylic acids is 1. The number of hydrogen-bond donors (Lipinski definition) is 3. The van der Waals surface area contributed by atoms with Gasteiger partial charge in [0.25, 0.3) is 5.91 Å². The van der Waals surface area contributed by atoms with Crippen molar-refractivity contribution in [2.75, 3.05) is 6.61 Å². The van der Waals surface area contributed by atoms with Crippen molar-refractivity contribution < 1.29 is 28.6 Å². The second-order valence-corrected chi connectivity index (χ2v) is 7.48. The summed E-state index contributed by atoms with van der Waals surface area (Å²) in [7, 11) is 0. The number of amides is 2. The summed E-state index contributed by atoms with van der Waals surface area (Å²) in [4.78, 5) is 35.1. The number of benzene rings is 2. The van der Waals surface area contributed by atoms with Crippen LogP contribution in [0.25, 0.3) is 11.1 Å². The molecule has 4 rings (SSSR count). The van der Waals surface area contributed by atoms with Gasteiger partial charge in [0, 0.05) is 5.92 Å². The first-order chi connectivity index (χ1) is 15.4. The molecule has 1 heterocycles. The van der Waals surface area contributed by atoms with Crippen molar-refractivity contribution in [2.24, 2.45) is 0 Å². The minimum absolute atomic E-state index is 0.0262. The summed E-state index contributed by atoms with van der Waals surface area (Å²) >= 11 is 0. The van der Waals surface area contributed by atoms with E-state index in [0.29, 0.717) is 5.76 Å². The number of carboxylic acids is 1. The molecular weight excluding hydrogens is 412 g/mol. The van der Waals surface area contributed by atoms with E-state index in [2.05, 4.69) is 22.8 Å². The van der Waals surface area contributed by atoms with E-state index in [0.717, 1.165) is 22.3 Å². The fourth-order valence-electron chi connectivity index (χ4n) is 3.73. The van der Waals surface area contributed by atoms with Gasteiger partial charge < -0.3 is 24.9 Å². The van der Waals surface area contributed by atoms with Crippen molar-refractivity contribution >= 4 is 18.0 Å². The molecule has 0 bridgehead atoms. The lowest BCUT2D eigenvalue weighted by molar-refractivity contribution is -0.138. The van der Waals surface area contributed by atoms with Crippen LogP contribution in [0.5, 0.6) is 0 Å². The lowest BCUT2D eigenvalue weighted by atomic mass is 9.98. The third-order valence-corrected chi connectivity index (χ3v) is 5.35. The lowest BCUT2D eigenvalue weighted by Crippen LogP contribution is -2.38. The van der Waals surface area contributed by atoms with Crippen molar-refractivity contribution in [3.8, 4) is 11.1 Å². The van der Waals surface area contributed by atoms with Gasteiger partial charge in [0.1, 0.15) is 18.4 Å². The molecule has 1 aliphatic rings. The molecule has 0 fully saturated rings. The van der Waals surface area contributed by atoms with Gasteiger partial charge in [-0.15, -0.1) is 0 Å². The van der Waals surface area contributed by atoms with Crippen LogP contribution >= 0.6 is 0 Å². The molecule has 8 nitrogen and oxygen atoms in total. The number of alkyl carbamates (subject to hydrolysis) is 1. The highest BCUT2D eigenvalue weighted by Crippen LogP contribution is 2.44. The molecule has 2 amide bonds. The Balaban J connectivity index is 1.32. The van der Waals surface area contributed by atoms with Gasteiger partial charge in [-0.2, -0.15) is 0 Å². The second-order valence-electron chi connectivity index (χ2n) is 7.48. The van der Waals surface area contributed by atoms with Crippen LogP contribution in [-0.4, -0.2) is 35.7 Å². The summed E-state index contributed by atoms with van der Waals surface area (Å²) in [5.74, 6) is -1.54. The molecule has 8 heteroatoms. The smallest absolute Gasteiger partial charge is 0.407 e. The fourth-order valence-corrected chi connectivity index (χ4v) is 3.73. The summed E-state index contributed by atoms with van der Waals surface area (Å²) in [6.07, 6.45) is -0.603. The number of fused-ring (bicyclic) bond motifs is 3. The molecule has 1 atom stereocenters. The van der Waals surface area contributed by atoms with E-state index in [4.69, 9.17) is 14.3 Å². The predicted octanol–water partition coefficient (Wildman–Crippen LogP) is 3.52. The number of carboxylic acid groups (broad SMARTS) is 1. The number of furan rings is 1. The molecule has 0 radical (unpaired) electrons. The van der Waals surface area contributed by atoms with Crippen LogP contribution in [0, 0.1) is 0 Å². The Morgan fingerprint density at radius 3 is 2.25 bits per heavy atom. The highest BCUT2D eigenvalue weighted by atomic mass is 16.5. The Kier molecular flexibility index (Phi) is 5.93. The van der Waals surface area contributed by atoms with Gasteiger partial charge in [0.2, 0.25) is 0 Å². The van der Waals surface area contributed by atoms with Crippen molar-refractivity contribution in [3.63, 3.8) is 0 Å². The van der Waals surface area contributed by atoms with E-state index in [1.54, 1.807) is 0 Å². The standard InChI is InChI=1S/C24H22N2O6/c1-14(23(28)29)26-22(27)21-11-10-15(32-21)12-25-24(30)31-13-20-18-8-4-2-6-16(18)17-7-3-5-9-19(17)20/h2-11,14,20H,12-13H2,1H3,(H,25,30)(H,26,27)(H,28,29)/t14-/m1/s1. The van der Waals surface area contributed by atoms with Crippen molar-refractivity contribution in [3.05, 3.63) is 83.3 Å². The van der Waals surface area contributed by atoms with Crippen LogP contribution in [0.2, 0.25) is 0 Å². The Bertz CT molecular complexity index is 1120. The SMILES string of the molecule is C[C@@H](NC(=O)c1ccc(CNC(=O)OCC2c3ccccc3-c3ccccc32)o1)C(=O)O. The molecule has 0 saturated heterocycles. The lowest BCUT2D eigenvalue weighted by Gasteiger charge is -2.14. The van der Waals surface area contributed by atoms with Gasteiger partial charge in [-0.1, -0.05) is 48.5 Å². The number of nitrogens with one attached hydrogen (secondary N) is 2. The number of hydrogen-bond acceptors (Lipinski definition) is 5. The predicted molar refractivity (Wildman–Crippen MR) is 115 cm³/mol. The van der Waals surface area contributed by atoms with E-state index >= 15 is 0 Å². The van der Waals surface area contributed by atoms with Gasteiger partial charge in [-0.05, 0) is 41.3 Å². The Labute approximate surface area is 184 Å². The minimum Gasteiger partial charge on any atom is -0.480 e. The normalized spacial score (nSPS) is 13.0. The van der Waals surface area contributed by atoms with Gasteiger partial charge in [-0.25, -0.2) is 4.79 Å². The highest BCUT2D eigenvalue weighted by molar-refractivity contribution is 5.94. The first-order valence-electron chi connectivity index (χ1n) is 10.1. The number of carbonyl (C=O) groups excluding carboxylic acids is 2. The third-order valence-electron chi connectivity index (χ3n) is 5.35. The zero-order valence-electron chi connectivity index (χ0n) is 17.3. The second kappa shape index (κ2) is 8.97. The fraction of sp³-hybridized carbons (Fsp3) is 0.208. The average molecular weight is 434 g/mol. The Morgan fingerprint density at radius 2 is 1.62 bits per heavy atom. The summed E-state index contributed by atoms with van der Waals surface area (Å²) in [6, 6.07) is 18.0. The summed E-state index contributed by atoms with van der Waals surface area (Å²) in [5.41, 5.74) is 4.55.